The predicted octanol–water partition coefficient (Wildman–Crippen LogP) is 11.2. The van der Waals surface area contributed by atoms with Gasteiger partial charge < -0.3 is 19.3 Å². The van der Waals surface area contributed by atoms with Gasteiger partial charge in [0.2, 0.25) is 0 Å². The highest BCUT2D eigenvalue weighted by Crippen LogP contribution is 2.47. The first-order valence-corrected chi connectivity index (χ1v) is 17.9. The molecule has 1 heterocycles. The van der Waals surface area contributed by atoms with Crippen molar-refractivity contribution in [2.45, 2.75) is 51.7 Å². The Balaban J connectivity index is 1.25. The van der Waals surface area contributed by atoms with Crippen molar-refractivity contribution in [2.75, 3.05) is 6.61 Å². The molecule has 0 bridgehead atoms. The van der Waals surface area contributed by atoms with Gasteiger partial charge >= 0.3 is 5.97 Å². The van der Waals surface area contributed by atoms with Crippen molar-refractivity contribution in [3.63, 3.8) is 0 Å². The van der Waals surface area contributed by atoms with Crippen LogP contribution in [0, 0.1) is 5.82 Å². The zero-order valence-electron chi connectivity index (χ0n) is 29.4. The highest BCUT2D eigenvalue weighted by atomic mass is 19.1. The Hall–Kier alpha value is -5.72. The van der Waals surface area contributed by atoms with Gasteiger partial charge in [0.1, 0.15) is 23.1 Å². The van der Waals surface area contributed by atoms with Gasteiger partial charge in [0.05, 0.1) is 18.8 Å². The Labute approximate surface area is 303 Å². The van der Waals surface area contributed by atoms with Crippen LogP contribution in [0.2, 0.25) is 0 Å². The number of hydrogen-bond acceptors (Lipinski definition) is 5. The molecule has 6 heteroatoms. The van der Waals surface area contributed by atoms with Crippen molar-refractivity contribution in [1.82, 2.24) is 0 Å². The minimum Gasteiger partial charge on any atom is -0.472 e. The van der Waals surface area contributed by atoms with Gasteiger partial charge in [0, 0.05) is 22.1 Å². The topological polar surface area (TPSA) is 65.0 Å². The van der Waals surface area contributed by atoms with Crippen LogP contribution < -0.4 is 9.47 Å². The van der Waals surface area contributed by atoms with E-state index in [4.69, 9.17) is 14.2 Å². The number of ether oxygens (including phenoxy) is 3. The van der Waals surface area contributed by atoms with E-state index in [2.05, 4.69) is 19.1 Å². The molecule has 6 aromatic carbocycles. The van der Waals surface area contributed by atoms with Crippen LogP contribution in [0.15, 0.2) is 127 Å². The first-order chi connectivity index (χ1) is 25.4. The average Bonchev–Trinajstić information content (AvgIpc) is 3.18. The lowest BCUT2D eigenvalue weighted by Crippen LogP contribution is -2.34. The Morgan fingerprint density at radius 3 is 2.04 bits per heavy atom. The number of esters is 1. The molecule has 262 valence electrons. The average molecular weight is 693 g/mol. The molecule has 0 amide bonds. The summed E-state index contributed by atoms with van der Waals surface area (Å²) < 4.78 is 32.8. The van der Waals surface area contributed by atoms with Crippen LogP contribution in [0.4, 0.5) is 4.39 Å². The SMILES string of the molecule is CCCCCc1ccc(Oc2ccc(-c3ccc4c5c(c(C(=O)OCC)cc4c3)C=CC(c3ccc(F)cc3)(c3ccc(CO)cc3)O5)cc2)cc1. The third-order valence-corrected chi connectivity index (χ3v) is 9.63. The van der Waals surface area contributed by atoms with Crippen molar-refractivity contribution >= 4 is 22.8 Å². The summed E-state index contributed by atoms with van der Waals surface area (Å²) in [6.45, 7) is 4.13. The summed E-state index contributed by atoms with van der Waals surface area (Å²) in [6, 6.07) is 37.9. The molecule has 1 aliphatic rings. The lowest BCUT2D eigenvalue weighted by Gasteiger charge is -2.37. The zero-order valence-corrected chi connectivity index (χ0v) is 29.4. The Morgan fingerprint density at radius 1 is 0.750 bits per heavy atom. The lowest BCUT2D eigenvalue weighted by atomic mass is 9.82. The fourth-order valence-electron chi connectivity index (χ4n) is 6.80. The van der Waals surface area contributed by atoms with Gasteiger partial charge in [-0.15, -0.1) is 0 Å². The summed E-state index contributed by atoms with van der Waals surface area (Å²) in [5.41, 5.74) is 5.38. The minimum atomic E-state index is -1.14. The van der Waals surface area contributed by atoms with Gasteiger partial charge in [-0.05, 0) is 108 Å². The molecule has 1 aliphatic heterocycles. The third-order valence-electron chi connectivity index (χ3n) is 9.63. The molecule has 5 nitrogen and oxygen atoms in total. The number of aryl methyl sites for hydroxylation is 1. The van der Waals surface area contributed by atoms with Crippen molar-refractivity contribution < 1.29 is 28.5 Å². The van der Waals surface area contributed by atoms with Crippen molar-refractivity contribution in [3.05, 3.63) is 167 Å². The molecule has 0 saturated heterocycles. The van der Waals surface area contributed by atoms with E-state index < -0.39 is 11.6 Å². The van der Waals surface area contributed by atoms with Gasteiger partial charge in [-0.2, -0.15) is 0 Å². The Morgan fingerprint density at radius 2 is 1.38 bits per heavy atom. The number of hydrogen-bond donors (Lipinski definition) is 1. The van der Waals surface area contributed by atoms with E-state index in [-0.39, 0.29) is 19.0 Å². The number of aliphatic hydroxyl groups is 1. The van der Waals surface area contributed by atoms with Gasteiger partial charge in [0.25, 0.3) is 0 Å². The van der Waals surface area contributed by atoms with Crippen molar-refractivity contribution in [1.29, 1.82) is 0 Å². The van der Waals surface area contributed by atoms with Gasteiger partial charge in [0.15, 0.2) is 5.60 Å². The van der Waals surface area contributed by atoms with Crippen LogP contribution >= 0.6 is 0 Å². The Bertz CT molecular complexity index is 2210. The van der Waals surface area contributed by atoms with Crippen LogP contribution in [0.25, 0.3) is 28.0 Å². The Kier molecular flexibility index (Phi) is 10.2. The number of fused-ring (bicyclic) bond motifs is 3. The molecule has 0 radical (unpaired) electrons. The van der Waals surface area contributed by atoms with Crippen LogP contribution in [0.1, 0.15) is 71.3 Å². The first-order valence-electron chi connectivity index (χ1n) is 17.9. The highest BCUT2D eigenvalue weighted by Gasteiger charge is 2.39. The summed E-state index contributed by atoms with van der Waals surface area (Å²) >= 11 is 0. The maximum Gasteiger partial charge on any atom is 0.338 e. The second-order valence-electron chi connectivity index (χ2n) is 13.1. The number of rotatable bonds is 12. The van der Waals surface area contributed by atoms with Crippen LogP contribution in [-0.4, -0.2) is 17.7 Å². The smallest absolute Gasteiger partial charge is 0.338 e. The van der Waals surface area contributed by atoms with E-state index in [1.807, 2.05) is 97.1 Å². The second kappa shape index (κ2) is 15.3. The largest absolute Gasteiger partial charge is 0.472 e. The normalized spacial score (nSPS) is 14.8. The molecule has 0 aromatic heterocycles. The fourth-order valence-corrected chi connectivity index (χ4v) is 6.80. The number of carbonyl (C=O) groups is 1. The van der Waals surface area contributed by atoms with Gasteiger partial charge in [-0.3, -0.25) is 0 Å². The number of aliphatic hydroxyl groups excluding tert-OH is 1. The van der Waals surface area contributed by atoms with E-state index in [0.717, 1.165) is 50.9 Å². The third kappa shape index (κ3) is 7.07. The van der Waals surface area contributed by atoms with Crippen molar-refractivity contribution in [2.24, 2.45) is 0 Å². The summed E-state index contributed by atoms with van der Waals surface area (Å²) in [7, 11) is 0. The summed E-state index contributed by atoms with van der Waals surface area (Å²) in [5, 5.41) is 11.3. The minimum absolute atomic E-state index is 0.0952. The zero-order chi connectivity index (χ0) is 36.1. The van der Waals surface area contributed by atoms with Crippen LogP contribution in [-0.2, 0) is 23.4 Å². The molecule has 7 rings (SSSR count). The quantitative estimate of drug-likeness (QED) is 0.102. The second-order valence-corrected chi connectivity index (χ2v) is 13.1. The van der Waals surface area contributed by atoms with Crippen LogP contribution in [0.5, 0.6) is 17.2 Å². The van der Waals surface area contributed by atoms with E-state index in [0.29, 0.717) is 22.4 Å². The van der Waals surface area contributed by atoms with Crippen molar-refractivity contribution in [3.8, 4) is 28.4 Å². The molecule has 0 saturated carbocycles. The molecule has 0 spiro atoms. The van der Waals surface area contributed by atoms with E-state index in [1.165, 1.54) is 37.0 Å². The molecule has 1 atom stereocenters. The molecule has 1 unspecified atom stereocenters. The maximum absolute atomic E-state index is 14.2. The first kappa shape index (κ1) is 34.7. The molecule has 1 N–H and O–H groups in total. The number of carbonyl (C=O) groups excluding carboxylic acids is 1. The standard InChI is InChI=1S/C46H41FO5/c1-3-5-6-7-31-10-21-39(22-11-31)51-40-23-12-33(13-24-40)34-14-25-41-35(28-34)29-43(45(49)50-4-2)42-26-27-46(52-44(41)42,37-17-19-38(47)20-18-37)36-15-8-32(30-48)9-16-36/h8-29,48H,3-7,30H2,1-2H3. The van der Waals surface area contributed by atoms with E-state index >= 15 is 0 Å². The lowest BCUT2D eigenvalue weighted by molar-refractivity contribution is 0.0524. The molecular formula is C46H41FO5. The molecule has 0 fully saturated rings. The highest BCUT2D eigenvalue weighted by molar-refractivity contribution is 6.05. The van der Waals surface area contributed by atoms with Gasteiger partial charge in [-0.25, -0.2) is 9.18 Å². The number of benzene rings is 6. The van der Waals surface area contributed by atoms with Gasteiger partial charge in [-0.1, -0.05) is 92.6 Å². The predicted molar refractivity (Wildman–Crippen MR) is 204 cm³/mol. The van der Waals surface area contributed by atoms with E-state index in [9.17, 15) is 14.3 Å². The molecular weight excluding hydrogens is 651 g/mol. The molecule has 0 aliphatic carbocycles. The summed E-state index contributed by atoms with van der Waals surface area (Å²) in [4.78, 5) is 13.4. The maximum atomic E-state index is 14.2. The number of unbranched alkanes of at least 4 members (excludes halogenated alkanes) is 2. The monoisotopic (exact) mass is 692 g/mol. The molecule has 52 heavy (non-hydrogen) atoms. The summed E-state index contributed by atoms with van der Waals surface area (Å²) in [5.74, 6) is 1.25. The number of halogens is 1. The van der Waals surface area contributed by atoms with E-state index in [1.54, 1.807) is 19.1 Å². The fraction of sp³-hybridized carbons (Fsp3) is 0.196. The van der Waals surface area contributed by atoms with Crippen LogP contribution in [0.3, 0.4) is 0 Å². The molecule has 6 aromatic rings. The summed E-state index contributed by atoms with van der Waals surface area (Å²) in [6.07, 6.45) is 8.50.